The number of rotatable bonds is 4. The first-order chi connectivity index (χ1) is 14.5. The van der Waals surface area contributed by atoms with E-state index in [9.17, 15) is 13.2 Å². The highest BCUT2D eigenvalue weighted by Crippen LogP contribution is 2.43. The predicted octanol–water partition coefficient (Wildman–Crippen LogP) is 5.68. The minimum absolute atomic E-state index is 0.105. The molecule has 2 heterocycles. The molecule has 2 aromatic carbocycles. The monoisotopic (exact) mass is 406 g/mol. The van der Waals surface area contributed by atoms with Crippen LogP contribution in [0.3, 0.4) is 0 Å². The molecule has 7 heteroatoms. The van der Waals surface area contributed by atoms with E-state index in [4.69, 9.17) is 0 Å². The van der Waals surface area contributed by atoms with Crippen LogP contribution in [0, 0.1) is 0 Å². The quantitative estimate of drug-likeness (QED) is 0.474. The van der Waals surface area contributed by atoms with Gasteiger partial charge in [-0.2, -0.15) is 13.2 Å². The maximum Gasteiger partial charge on any atom is 0.418 e. The van der Waals surface area contributed by atoms with Crippen molar-refractivity contribution in [2.24, 2.45) is 0 Å². The maximum absolute atomic E-state index is 13.4. The van der Waals surface area contributed by atoms with Crippen molar-refractivity contribution in [2.45, 2.75) is 24.6 Å². The first-order valence-electron chi connectivity index (χ1n) is 9.59. The van der Waals surface area contributed by atoms with Crippen LogP contribution in [0.25, 0.3) is 22.2 Å². The third kappa shape index (κ3) is 3.47. The molecule has 0 spiro atoms. The van der Waals surface area contributed by atoms with Crippen molar-refractivity contribution in [2.75, 3.05) is 5.32 Å². The Morgan fingerprint density at radius 1 is 0.900 bits per heavy atom. The average Bonchev–Trinajstić information content (AvgIpc) is 3.53. The van der Waals surface area contributed by atoms with Crippen molar-refractivity contribution >= 4 is 16.7 Å². The van der Waals surface area contributed by atoms with E-state index in [2.05, 4.69) is 32.4 Å². The van der Waals surface area contributed by atoms with E-state index in [1.54, 1.807) is 18.2 Å². The van der Waals surface area contributed by atoms with Gasteiger partial charge in [0.1, 0.15) is 12.1 Å². The van der Waals surface area contributed by atoms with Gasteiger partial charge in [0.15, 0.2) is 0 Å². The number of nitrogens with zero attached hydrogens (tertiary/aromatic N) is 3. The Labute approximate surface area is 170 Å². The molecule has 1 saturated carbocycles. The summed E-state index contributed by atoms with van der Waals surface area (Å²) >= 11 is 0. The molecule has 30 heavy (non-hydrogen) atoms. The molecule has 4 nitrogen and oxygen atoms in total. The number of halogens is 3. The van der Waals surface area contributed by atoms with Crippen LogP contribution in [-0.2, 0) is 6.18 Å². The molecule has 2 unspecified atom stereocenters. The van der Waals surface area contributed by atoms with Crippen LogP contribution in [-0.4, -0.2) is 21.0 Å². The van der Waals surface area contributed by atoms with Crippen LogP contribution in [0.1, 0.15) is 23.5 Å². The lowest BCUT2D eigenvalue weighted by Crippen LogP contribution is -2.08. The molecule has 1 fully saturated rings. The Morgan fingerprint density at radius 3 is 2.53 bits per heavy atom. The summed E-state index contributed by atoms with van der Waals surface area (Å²) in [6, 6.07) is 17.9. The Balaban J connectivity index is 1.46. The summed E-state index contributed by atoms with van der Waals surface area (Å²) in [6.07, 6.45) is -0.679. The van der Waals surface area contributed by atoms with Crippen molar-refractivity contribution in [3.05, 3.63) is 84.3 Å². The fraction of sp³-hybridized carbons (Fsp3) is 0.174. The minimum Gasteiger partial charge on any atom is -0.366 e. The number of pyridine rings is 1. The highest BCUT2D eigenvalue weighted by Gasteiger charge is 2.38. The highest BCUT2D eigenvalue weighted by atomic mass is 19.4. The topological polar surface area (TPSA) is 50.7 Å². The van der Waals surface area contributed by atoms with E-state index in [0.717, 1.165) is 17.9 Å². The zero-order valence-electron chi connectivity index (χ0n) is 15.8. The van der Waals surface area contributed by atoms with Crippen molar-refractivity contribution in [1.29, 1.82) is 0 Å². The number of hydrogen-bond donors (Lipinski definition) is 1. The standard InChI is InChI=1S/C23H17F3N4/c24-23(25,26)18-7-4-10-27-21(18)15-8-9-16-19(11-15)28-13-29-22(16)30-20-12-17(20)14-5-2-1-3-6-14/h1-11,13,17,20H,12H2,(H,28,29,30). The van der Waals surface area contributed by atoms with Crippen LogP contribution >= 0.6 is 0 Å². The van der Waals surface area contributed by atoms with Gasteiger partial charge in [-0.1, -0.05) is 36.4 Å². The second kappa shape index (κ2) is 7.09. The van der Waals surface area contributed by atoms with Gasteiger partial charge in [0.05, 0.1) is 16.8 Å². The second-order valence-electron chi connectivity index (χ2n) is 7.36. The molecular weight excluding hydrogens is 389 g/mol. The summed E-state index contributed by atoms with van der Waals surface area (Å²) in [5.74, 6) is 1.12. The molecule has 0 radical (unpaired) electrons. The van der Waals surface area contributed by atoms with Crippen LogP contribution in [0.5, 0.6) is 0 Å². The number of fused-ring (bicyclic) bond motifs is 1. The molecule has 0 amide bonds. The van der Waals surface area contributed by atoms with Gasteiger partial charge in [-0.05, 0) is 36.2 Å². The van der Waals surface area contributed by atoms with Crippen LogP contribution in [0.15, 0.2) is 73.2 Å². The van der Waals surface area contributed by atoms with Gasteiger partial charge in [0.2, 0.25) is 0 Å². The van der Waals surface area contributed by atoms with Crippen LogP contribution in [0.2, 0.25) is 0 Å². The fourth-order valence-electron chi connectivity index (χ4n) is 3.78. The number of anilines is 1. The van der Waals surface area contributed by atoms with E-state index in [1.165, 1.54) is 24.2 Å². The van der Waals surface area contributed by atoms with E-state index in [1.807, 2.05) is 18.2 Å². The van der Waals surface area contributed by atoms with Crippen molar-refractivity contribution in [3.8, 4) is 11.3 Å². The van der Waals surface area contributed by atoms with E-state index in [-0.39, 0.29) is 11.7 Å². The molecule has 0 aliphatic heterocycles. The smallest absolute Gasteiger partial charge is 0.366 e. The molecule has 150 valence electrons. The molecule has 1 aliphatic rings. The zero-order valence-corrected chi connectivity index (χ0v) is 15.8. The molecule has 2 aromatic heterocycles. The van der Waals surface area contributed by atoms with Gasteiger partial charge in [0, 0.05) is 29.1 Å². The average molecular weight is 406 g/mol. The lowest BCUT2D eigenvalue weighted by atomic mass is 10.0. The van der Waals surface area contributed by atoms with Crippen molar-refractivity contribution < 1.29 is 13.2 Å². The van der Waals surface area contributed by atoms with Gasteiger partial charge in [-0.3, -0.25) is 4.98 Å². The summed E-state index contributed by atoms with van der Waals surface area (Å²) in [6.45, 7) is 0. The van der Waals surface area contributed by atoms with Crippen LogP contribution < -0.4 is 5.32 Å². The molecule has 1 N–H and O–H groups in total. The van der Waals surface area contributed by atoms with E-state index < -0.39 is 11.7 Å². The molecule has 4 aromatic rings. The maximum atomic E-state index is 13.4. The van der Waals surface area contributed by atoms with Gasteiger partial charge in [0.25, 0.3) is 0 Å². The fourth-order valence-corrected chi connectivity index (χ4v) is 3.78. The van der Waals surface area contributed by atoms with Gasteiger partial charge >= 0.3 is 6.18 Å². The predicted molar refractivity (Wildman–Crippen MR) is 109 cm³/mol. The zero-order chi connectivity index (χ0) is 20.7. The number of hydrogen-bond acceptors (Lipinski definition) is 4. The summed E-state index contributed by atoms with van der Waals surface area (Å²) < 4.78 is 40.1. The summed E-state index contributed by atoms with van der Waals surface area (Å²) in [5.41, 5.74) is 1.35. The Kier molecular flexibility index (Phi) is 4.38. The van der Waals surface area contributed by atoms with Gasteiger partial charge in [-0.15, -0.1) is 0 Å². The largest absolute Gasteiger partial charge is 0.418 e. The number of aromatic nitrogens is 3. The lowest BCUT2D eigenvalue weighted by molar-refractivity contribution is -0.137. The summed E-state index contributed by atoms with van der Waals surface area (Å²) in [7, 11) is 0. The summed E-state index contributed by atoms with van der Waals surface area (Å²) in [5, 5.41) is 4.22. The minimum atomic E-state index is -4.48. The van der Waals surface area contributed by atoms with Gasteiger partial charge in [-0.25, -0.2) is 9.97 Å². The SMILES string of the molecule is FC(F)(F)c1cccnc1-c1ccc2c(NC3CC3c3ccccc3)ncnc2c1. The van der Waals surface area contributed by atoms with E-state index >= 15 is 0 Å². The number of benzene rings is 2. The Bertz CT molecular complexity index is 1210. The van der Waals surface area contributed by atoms with E-state index in [0.29, 0.717) is 22.8 Å². The first-order valence-corrected chi connectivity index (χ1v) is 9.59. The van der Waals surface area contributed by atoms with Crippen molar-refractivity contribution in [1.82, 2.24) is 15.0 Å². The first kappa shape index (κ1) is 18.5. The molecule has 0 bridgehead atoms. The molecule has 0 saturated heterocycles. The lowest BCUT2D eigenvalue weighted by Gasteiger charge is -2.13. The molecule has 2 atom stereocenters. The molecule has 1 aliphatic carbocycles. The number of nitrogens with one attached hydrogen (secondary N) is 1. The van der Waals surface area contributed by atoms with Crippen molar-refractivity contribution in [3.63, 3.8) is 0 Å². The molecular formula is C23H17F3N4. The molecule has 5 rings (SSSR count). The third-order valence-electron chi connectivity index (χ3n) is 5.36. The van der Waals surface area contributed by atoms with Crippen LogP contribution in [0.4, 0.5) is 19.0 Å². The number of alkyl halides is 3. The Hall–Kier alpha value is -3.48. The third-order valence-corrected chi connectivity index (χ3v) is 5.36. The normalized spacial score (nSPS) is 18.4. The summed E-state index contributed by atoms with van der Waals surface area (Å²) in [4.78, 5) is 12.6. The second-order valence-corrected chi connectivity index (χ2v) is 7.36. The van der Waals surface area contributed by atoms with Gasteiger partial charge < -0.3 is 5.32 Å². The highest BCUT2D eigenvalue weighted by molar-refractivity contribution is 5.92. The Morgan fingerprint density at radius 2 is 1.73 bits per heavy atom.